The average Bonchev–Trinajstić information content (AvgIpc) is 2.31. The number of pyridine rings is 1. The Morgan fingerprint density at radius 3 is 2.62 bits per heavy atom. The molecule has 2 rings (SSSR count). The van der Waals surface area contributed by atoms with Gasteiger partial charge in [0.25, 0.3) is 0 Å². The third-order valence-electron chi connectivity index (χ3n) is 3.06. The van der Waals surface area contributed by atoms with E-state index in [1.165, 1.54) is 4.90 Å². The molecule has 5 heteroatoms. The summed E-state index contributed by atoms with van der Waals surface area (Å²) in [7, 11) is 0. The van der Waals surface area contributed by atoms with E-state index in [-0.39, 0.29) is 0 Å². The fourth-order valence-electron chi connectivity index (χ4n) is 1.99. The predicted molar refractivity (Wildman–Crippen MR) is 57.0 cm³/mol. The molecule has 1 saturated heterocycles. The Hall–Kier alpha value is -1.62. The first-order valence-corrected chi connectivity index (χ1v) is 5.22. The molecule has 2 N–H and O–H groups in total. The van der Waals surface area contributed by atoms with Crippen molar-refractivity contribution >= 4 is 6.09 Å². The van der Waals surface area contributed by atoms with Crippen molar-refractivity contribution in [2.45, 2.75) is 18.4 Å². The van der Waals surface area contributed by atoms with Crippen LogP contribution in [0.2, 0.25) is 0 Å². The zero-order valence-electron chi connectivity index (χ0n) is 8.83. The van der Waals surface area contributed by atoms with Gasteiger partial charge in [-0.3, -0.25) is 4.98 Å². The van der Waals surface area contributed by atoms with Gasteiger partial charge in [0.05, 0.1) is 5.60 Å². The molecule has 16 heavy (non-hydrogen) atoms. The summed E-state index contributed by atoms with van der Waals surface area (Å²) in [5, 5.41) is 19.2. The molecular formula is C11H14N2O3. The third-order valence-corrected chi connectivity index (χ3v) is 3.06. The van der Waals surface area contributed by atoms with Gasteiger partial charge >= 0.3 is 6.09 Å². The van der Waals surface area contributed by atoms with Gasteiger partial charge in [0, 0.05) is 31.0 Å². The quantitative estimate of drug-likeness (QED) is 0.744. The molecule has 1 fully saturated rings. The van der Waals surface area contributed by atoms with E-state index >= 15 is 0 Å². The van der Waals surface area contributed by atoms with Gasteiger partial charge in [0.1, 0.15) is 0 Å². The molecular weight excluding hydrogens is 208 g/mol. The molecule has 0 aromatic carbocycles. The molecule has 1 aliphatic rings. The molecule has 5 nitrogen and oxygen atoms in total. The van der Waals surface area contributed by atoms with Crippen LogP contribution in [0.5, 0.6) is 0 Å². The van der Waals surface area contributed by atoms with Gasteiger partial charge in [-0.25, -0.2) is 4.79 Å². The van der Waals surface area contributed by atoms with Gasteiger partial charge in [0.15, 0.2) is 0 Å². The van der Waals surface area contributed by atoms with Crippen LogP contribution in [0.15, 0.2) is 24.5 Å². The molecule has 0 bridgehead atoms. The SMILES string of the molecule is O=C(O)N1CCC(O)(c2cccnc2)CC1. The van der Waals surface area contributed by atoms with Gasteiger partial charge in [-0.2, -0.15) is 0 Å². The highest BCUT2D eigenvalue weighted by molar-refractivity contribution is 5.65. The van der Waals surface area contributed by atoms with E-state index in [1.807, 2.05) is 6.07 Å². The average molecular weight is 222 g/mol. The van der Waals surface area contributed by atoms with Crippen molar-refractivity contribution in [3.8, 4) is 0 Å². The fraction of sp³-hybridized carbons (Fsp3) is 0.455. The van der Waals surface area contributed by atoms with Crippen LogP contribution in [0.3, 0.4) is 0 Å². The van der Waals surface area contributed by atoms with Gasteiger partial charge in [-0.05, 0) is 18.9 Å². The van der Waals surface area contributed by atoms with Crippen LogP contribution in [0.25, 0.3) is 0 Å². The summed E-state index contributed by atoms with van der Waals surface area (Å²) in [6, 6.07) is 3.60. The Morgan fingerprint density at radius 1 is 1.44 bits per heavy atom. The number of carbonyl (C=O) groups is 1. The Bertz CT molecular complexity index is 372. The number of likely N-dealkylation sites (tertiary alicyclic amines) is 1. The maximum atomic E-state index is 10.7. The van der Waals surface area contributed by atoms with Crippen molar-refractivity contribution in [3.63, 3.8) is 0 Å². The van der Waals surface area contributed by atoms with Gasteiger partial charge < -0.3 is 15.1 Å². The lowest BCUT2D eigenvalue weighted by Crippen LogP contribution is -2.44. The van der Waals surface area contributed by atoms with E-state index < -0.39 is 11.7 Å². The van der Waals surface area contributed by atoms with Gasteiger partial charge in [0.2, 0.25) is 0 Å². The van der Waals surface area contributed by atoms with Crippen LogP contribution >= 0.6 is 0 Å². The predicted octanol–water partition coefficient (Wildman–Crippen LogP) is 1.04. The van der Waals surface area contributed by atoms with E-state index in [1.54, 1.807) is 18.5 Å². The Kier molecular flexibility index (Phi) is 2.78. The van der Waals surface area contributed by atoms with Crippen LogP contribution in [-0.2, 0) is 5.60 Å². The number of rotatable bonds is 1. The third kappa shape index (κ3) is 1.99. The Balaban J connectivity index is 2.10. The van der Waals surface area contributed by atoms with Crippen molar-refractivity contribution in [1.82, 2.24) is 9.88 Å². The Morgan fingerprint density at radius 2 is 2.12 bits per heavy atom. The molecule has 2 heterocycles. The molecule has 0 aliphatic carbocycles. The number of piperidine rings is 1. The number of aromatic nitrogens is 1. The second-order valence-corrected chi connectivity index (χ2v) is 4.04. The highest BCUT2D eigenvalue weighted by Gasteiger charge is 2.35. The molecule has 0 unspecified atom stereocenters. The smallest absolute Gasteiger partial charge is 0.407 e. The van der Waals surface area contributed by atoms with E-state index in [0.29, 0.717) is 25.9 Å². The number of carboxylic acid groups (broad SMARTS) is 1. The second-order valence-electron chi connectivity index (χ2n) is 4.04. The largest absolute Gasteiger partial charge is 0.465 e. The van der Waals surface area contributed by atoms with E-state index in [9.17, 15) is 9.90 Å². The summed E-state index contributed by atoms with van der Waals surface area (Å²) in [5.74, 6) is 0. The number of nitrogens with zero attached hydrogens (tertiary/aromatic N) is 2. The minimum Gasteiger partial charge on any atom is -0.465 e. The number of hydrogen-bond acceptors (Lipinski definition) is 3. The number of hydrogen-bond donors (Lipinski definition) is 2. The summed E-state index contributed by atoms with van der Waals surface area (Å²) in [6.45, 7) is 0.724. The Labute approximate surface area is 93.3 Å². The van der Waals surface area contributed by atoms with Crippen LogP contribution in [-0.4, -0.2) is 39.3 Å². The van der Waals surface area contributed by atoms with Crippen molar-refractivity contribution in [2.75, 3.05) is 13.1 Å². The topological polar surface area (TPSA) is 73.7 Å². The van der Waals surface area contributed by atoms with Crippen LogP contribution in [0, 0.1) is 0 Å². The number of amides is 1. The van der Waals surface area contributed by atoms with E-state index in [0.717, 1.165) is 5.56 Å². The highest BCUT2D eigenvalue weighted by atomic mass is 16.4. The molecule has 0 saturated carbocycles. The van der Waals surface area contributed by atoms with Crippen molar-refractivity contribution in [1.29, 1.82) is 0 Å². The molecule has 1 aromatic heterocycles. The number of aliphatic hydroxyl groups is 1. The zero-order chi connectivity index (χ0) is 11.6. The normalized spacial score (nSPS) is 19.4. The van der Waals surface area contributed by atoms with Gasteiger partial charge in [-0.1, -0.05) is 6.07 Å². The minimum atomic E-state index is -0.930. The summed E-state index contributed by atoms with van der Waals surface area (Å²) in [6.07, 6.45) is 3.21. The maximum Gasteiger partial charge on any atom is 0.407 e. The minimum absolute atomic E-state index is 0.362. The first-order valence-electron chi connectivity index (χ1n) is 5.22. The van der Waals surface area contributed by atoms with E-state index in [2.05, 4.69) is 4.98 Å². The molecule has 0 atom stereocenters. The summed E-state index contributed by atoms with van der Waals surface area (Å²) in [4.78, 5) is 16.0. The lowest BCUT2D eigenvalue weighted by molar-refractivity contribution is -0.0215. The molecule has 0 radical (unpaired) electrons. The van der Waals surface area contributed by atoms with Crippen LogP contribution < -0.4 is 0 Å². The van der Waals surface area contributed by atoms with Crippen LogP contribution in [0.4, 0.5) is 4.79 Å². The molecule has 0 spiro atoms. The van der Waals surface area contributed by atoms with Crippen molar-refractivity contribution in [2.24, 2.45) is 0 Å². The maximum absolute atomic E-state index is 10.7. The highest BCUT2D eigenvalue weighted by Crippen LogP contribution is 2.32. The zero-order valence-corrected chi connectivity index (χ0v) is 8.83. The van der Waals surface area contributed by atoms with Crippen molar-refractivity contribution in [3.05, 3.63) is 30.1 Å². The molecule has 1 aromatic rings. The molecule has 1 aliphatic heterocycles. The first kappa shape index (κ1) is 10.9. The standard InChI is InChI=1S/C11H14N2O3/c14-10(15)13-6-3-11(16,4-7-13)9-2-1-5-12-8-9/h1-2,5,8,16H,3-4,6-7H2,(H,14,15). The molecule has 1 amide bonds. The van der Waals surface area contributed by atoms with E-state index in [4.69, 9.17) is 5.11 Å². The van der Waals surface area contributed by atoms with Gasteiger partial charge in [-0.15, -0.1) is 0 Å². The first-order chi connectivity index (χ1) is 7.62. The monoisotopic (exact) mass is 222 g/mol. The van der Waals surface area contributed by atoms with Crippen molar-refractivity contribution < 1.29 is 15.0 Å². The summed E-state index contributed by atoms with van der Waals surface area (Å²) in [5.41, 5.74) is -0.166. The lowest BCUT2D eigenvalue weighted by atomic mass is 9.85. The molecule has 86 valence electrons. The lowest BCUT2D eigenvalue weighted by Gasteiger charge is -2.37. The second kappa shape index (κ2) is 4.09. The summed E-state index contributed by atoms with van der Waals surface area (Å²) < 4.78 is 0. The fourth-order valence-corrected chi connectivity index (χ4v) is 1.99. The summed E-state index contributed by atoms with van der Waals surface area (Å²) >= 11 is 0. The van der Waals surface area contributed by atoms with Crippen LogP contribution in [0.1, 0.15) is 18.4 Å².